The average Bonchev–Trinajstić information content (AvgIpc) is 3.57. The van der Waals surface area contributed by atoms with Crippen molar-refractivity contribution in [3.63, 3.8) is 0 Å². The van der Waals surface area contributed by atoms with Crippen LogP contribution in [0, 0.1) is 11.8 Å². The highest BCUT2D eigenvalue weighted by Crippen LogP contribution is 2.31. The van der Waals surface area contributed by atoms with Gasteiger partial charge in [-0.15, -0.1) is 11.3 Å². The lowest BCUT2D eigenvalue weighted by atomic mass is 9.80. The Morgan fingerprint density at radius 2 is 1.67 bits per heavy atom. The van der Waals surface area contributed by atoms with Gasteiger partial charge in [0.25, 0.3) is 0 Å². The lowest BCUT2D eigenvalue weighted by Crippen LogP contribution is -2.34. The molecule has 1 aromatic carbocycles. The van der Waals surface area contributed by atoms with Crippen molar-refractivity contribution in [3.8, 4) is 0 Å². The van der Waals surface area contributed by atoms with Crippen LogP contribution < -0.4 is 5.73 Å². The fourth-order valence-corrected chi connectivity index (χ4v) is 5.83. The smallest absolute Gasteiger partial charge is 0.475 e. The highest BCUT2D eigenvalue weighted by molar-refractivity contribution is 7.09. The first-order valence-electron chi connectivity index (χ1n) is 13.2. The zero-order valence-electron chi connectivity index (χ0n) is 21.7. The highest BCUT2D eigenvalue weighted by Gasteiger charge is 2.38. The molecule has 0 bridgehead atoms. The minimum absolute atomic E-state index is 0.0326. The molecule has 0 unspecified atom stereocenters. The van der Waals surface area contributed by atoms with Gasteiger partial charge >= 0.3 is 12.1 Å². The van der Waals surface area contributed by atoms with Crippen molar-refractivity contribution in [2.24, 2.45) is 17.6 Å². The molecule has 10 heteroatoms. The molecule has 4 rings (SSSR count). The van der Waals surface area contributed by atoms with Gasteiger partial charge in [0, 0.05) is 30.8 Å². The Kier molecular flexibility index (Phi) is 11.3. The van der Waals surface area contributed by atoms with Crippen LogP contribution in [0.25, 0.3) is 0 Å². The summed E-state index contributed by atoms with van der Waals surface area (Å²) in [5.41, 5.74) is 8.70. The van der Waals surface area contributed by atoms with Crippen LogP contribution in [-0.2, 0) is 33.9 Å². The summed E-state index contributed by atoms with van der Waals surface area (Å²) in [5.74, 6) is -1.90. The predicted molar refractivity (Wildman–Crippen MR) is 144 cm³/mol. The molecule has 39 heavy (non-hydrogen) atoms. The lowest BCUT2D eigenvalue weighted by molar-refractivity contribution is -0.192. The number of carbonyl (C=O) groups excluding carboxylic acids is 2. The molecule has 3 N–H and O–H groups in total. The van der Waals surface area contributed by atoms with E-state index in [1.165, 1.54) is 43.2 Å². The van der Waals surface area contributed by atoms with Gasteiger partial charge in [-0.25, -0.2) is 4.79 Å². The molecule has 1 fully saturated rings. The number of carboxylic acids is 1. The van der Waals surface area contributed by atoms with Gasteiger partial charge in [-0.1, -0.05) is 68.5 Å². The fraction of sp³-hybridized carbons (Fsp3) is 0.483. The van der Waals surface area contributed by atoms with E-state index in [1.807, 2.05) is 40.6 Å². The van der Waals surface area contributed by atoms with E-state index < -0.39 is 18.2 Å². The summed E-state index contributed by atoms with van der Waals surface area (Å²) in [6.45, 7) is 1.33. The molecule has 2 heterocycles. The van der Waals surface area contributed by atoms with Crippen LogP contribution >= 0.6 is 11.3 Å². The SMILES string of the molecule is N[C@@H](Cc1cccs1)C(=O)C[C@H](/C=C/C(=O)N1Cc2ccccc2C1)CC1CCCCC1.O=C(O)C(F)(F)F. The lowest BCUT2D eigenvalue weighted by Gasteiger charge is -2.25. The second-order valence-corrected chi connectivity index (χ2v) is 11.2. The number of halogens is 3. The molecule has 6 nitrogen and oxygen atoms in total. The molecule has 212 valence electrons. The van der Waals surface area contributed by atoms with Crippen molar-refractivity contribution in [1.29, 1.82) is 0 Å². The number of aliphatic carboxylic acids is 1. The van der Waals surface area contributed by atoms with Gasteiger partial charge in [0.1, 0.15) is 5.78 Å². The van der Waals surface area contributed by atoms with E-state index in [2.05, 4.69) is 12.1 Å². The number of fused-ring (bicyclic) bond motifs is 1. The van der Waals surface area contributed by atoms with Gasteiger partial charge < -0.3 is 15.7 Å². The molecule has 0 saturated heterocycles. The number of alkyl halides is 3. The molecular weight excluding hydrogens is 529 g/mol. The zero-order valence-corrected chi connectivity index (χ0v) is 22.6. The van der Waals surface area contributed by atoms with Crippen LogP contribution in [0.1, 0.15) is 60.9 Å². The van der Waals surface area contributed by atoms with E-state index >= 15 is 0 Å². The Balaban J connectivity index is 0.000000532. The van der Waals surface area contributed by atoms with Crippen molar-refractivity contribution in [2.45, 2.75) is 76.7 Å². The third kappa shape index (κ3) is 9.93. The number of benzene rings is 1. The molecular formula is C29H35F3N2O4S. The van der Waals surface area contributed by atoms with Crippen LogP contribution in [0.5, 0.6) is 0 Å². The van der Waals surface area contributed by atoms with Crippen LogP contribution in [0.2, 0.25) is 0 Å². The maximum atomic E-state index is 12.9. The van der Waals surface area contributed by atoms with E-state index in [9.17, 15) is 22.8 Å². The van der Waals surface area contributed by atoms with Crippen molar-refractivity contribution in [1.82, 2.24) is 4.90 Å². The fourth-order valence-electron chi connectivity index (χ4n) is 5.06. The zero-order chi connectivity index (χ0) is 28.4. The monoisotopic (exact) mass is 564 g/mol. The number of Topliss-reactive ketones (excluding diaryl/α,β-unsaturated/α-hetero) is 1. The Morgan fingerprint density at radius 3 is 2.21 bits per heavy atom. The number of thiophene rings is 1. The van der Waals surface area contributed by atoms with Crippen molar-refractivity contribution >= 4 is 29.0 Å². The molecule has 2 atom stereocenters. The molecule has 1 aliphatic carbocycles. The highest BCUT2D eigenvalue weighted by atomic mass is 32.1. The van der Waals surface area contributed by atoms with Gasteiger partial charge in [-0.2, -0.15) is 13.2 Å². The largest absolute Gasteiger partial charge is 0.490 e. The number of allylic oxidation sites excluding steroid dienone is 1. The number of ketones is 1. The molecule has 1 amide bonds. The summed E-state index contributed by atoms with van der Waals surface area (Å²) in [7, 11) is 0. The first-order chi connectivity index (χ1) is 18.5. The number of hydrogen-bond donors (Lipinski definition) is 2. The van der Waals surface area contributed by atoms with Crippen LogP contribution in [-0.4, -0.2) is 39.9 Å². The Labute approximate surface area is 230 Å². The van der Waals surface area contributed by atoms with Crippen molar-refractivity contribution in [2.75, 3.05) is 0 Å². The summed E-state index contributed by atoms with van der Waals surface area (Å²) in [5, 5.41) is 9.14. The van der Waals surface area contributed by atoms with E-state index in [1.54, 1.807) is 17.4 Å². The number of amides is 1. The molecule has 1 saturated carbocycles. The summed E-state index contributed by atoms with van der Waals surface area (Å²) < 4.78 is 31.7. The number of rotatable bonds is 9. The number of nitrogens with zero attached hydrogens (tertiary/aromatic N) is 1. The van der Waals surface area contributed by atoms with Crippen LogP contribution in [0.3, 0.4) is 0 Å². The number of carbonyl (C=O) groups is 3. The van der Waals surface area contributed by atoms with Gasteiger partial charge in [0.15, 0.2) is 0 Å². The maximum absolute atomic E-state index is 12.9. The van der Waals surface area contributed by atoms with Crippen LogP contribution in [0.4, 0.5) is 13.2 Å². The Bertz CT molecular complexity index is 1100. The van der Waals surface area contributed by atoms with E-state index in [-0.39, 0.29) is 17.6 Å². The van der Waals surface area contributed by atoms with Crippen molar-refractivity contribution < 1.29 is 32.7 Å². The molecule has 2 aromatic rings. The second kappa shape index (κ2) is 14.4. The molecule has 0 spiro atoms. The Hall–Kier alpha value is -2.98. The normalized spacial score (nSPS) is 17.3. The average molecular weight is 565 g/mol. The molecule has 1 aliphatic heterocycles. The number of hydrogen-bond acceptors (Lipinski definition) is 5. The summed E-state index contributed by atoms with van der Waals surface area (Å²) in [4.78, 5) is 37.7. The minimum atomic E-state index is -5.08. The number of carboxylic acid groups (broad SMARTS) is 1. The van der Waals surface area contributed by atoms with Gasteiger partial charge in [0.2, 0.25) is 5.91 Å². The van der Waals surface area contributed by atoms with Gasteiger partial charge in [0.05, 0.1) is 6.04 Å². The summed E-state index contributed by atoms with van der Waals surface area (Å²) >= 11 is 1.64. The third-order valence-electron chi connectivity index (χ3n) is 7.14. The second-order valence-electron chi connectivity index (χ2n) is 10.2. The third-order valence-corrected chi connectivity index (χ3v) is 8.04. The predicted octanol–water partition coefficient (Wildman–Crippen LogP) is 5.90. The Morgan fingerprint density at radius 1 is 1.05 bits per heavy atom. The molecule has 0 radical (unpaired) electrons. The molecule has 1 aromatic heterocycles. The first kappa shape index (κ1) is 30.6. The van der Waals surface area contributed by atoms with Gasteiger partial charge in [-0.05, 0) is 46.9 Å². The minimum Gasteiger partial charge on any atom is -0.475 e. The van der Waals surface area contributed by atoms with Gasteiger partial charge in [-0.3, -0.25) is 9.59 Å². The van der Waals surface area contributed by atoms with Crippen LogP contribution in [0.15, 0.2) is 53.9 Å². The van der Waals surface area contributed by atoms with E-state index in [0.29, 0.717) is 31.8 Å². The summed E-state index contributed by atoms with van der Waals surface area (Å²) in [6, 6.07) is 11.8. The maximum Gasteiger partial charge on any atom is 0.490 e. The topological polar surface area (TPSA) is 101 Å². The van der Waals surface area contributed by atoms with E-state index in [4.69, 9.17) is 15.6 Å². The number of nitrogens with two attached hydrogens (primary N) is 1. The van der Waals surface area contributed by atoms with E-state index in [0.717, 1.165) is 11.3 Å². The summed E-state index contributed by atoms with van der Waals surface area (Å²) in [6.07, 6.45) is 6.94. The first-order valence-corrected chi connectivity index (χ1v) is 14.1. The molecule has 2 aliphatic rings. The standard InChI is InChI=1S/C27H34N2O2S.C2HF3O2/c28-25(17-24-11-6-14-32-24)26(30)16-21(15-20-7-2-1-3-8-20)12-13-27(31)29-18-22-9-4-5-10-23(22)19-29;3-2(4,5)1(6)7/h4-6,9-14,20-21,25H,1-3,7-8,15-19,28H2;(H,6,7)/b13-12+;/t21-,25+;/m1./s1. The van der Waals surface area contributed by atoms with Crippen molar-refractivity contribution in [3.05, 3.63) is 69.9 Å². The quantitative estimate of drug-likeness (QED) is 0.370.